The van der Waals surface area contributed by atoms with Crippen LogP contribution in [0, 0.1) is 6.92 Å². The molecular formula is C8H9N2O. The Morgan fingerprint density at radius 3 is 2.73 bits per heavy atom. The average Bonchev–Trinajstić information content (AvgIpc) is 2.64. The fourth-order valence-corrected chi connectivity index (χ4v) is 1.03. The van der Waals surface area contributed by atoms with Gasteiger partial charge in [-0.25, -0.2) is 4.98 Å². The minimum Gasteiger partial charge on any atom is -0.493 e. The first-order valence-electron chi connectivity index (χ1n) is 3.65. The quantitative estimate of drug-likeness (QED) is 0.653. The van der Waals surface area contributed by atoms with Crippen molar-refractivity contribution in [1.29, 1.82) is 0 Å². The van der Waals surface area contributed by atoms with Crippen molar-refractivity contribution in [1.82, 2.24) is 9.97 Å². The molecule has 3 nitrogen and oxygen atoms in total. The van der Waals surface area contributed by atoms with Crippen LogP contribution >= 0.6 is 0 Å². The Hall–Kier alpha value is -1.12. The molecule has 0 bridgehead atoms. The summed E-state index contributed by atoms with van der Waals surface area (Å²) in [6.07, 6.45) is 2.28. The lowest BCUT2D eigenvalue weighted by Crippen LogP contribution is -1.93. The lowest BCUT2D eigenvalue weighted by molar-refractivity contribution is 0.448. The van der Waals surface area contributed by atoms with Crippen molar-refractivity contribution in [2.45, 2.75) is 18.8 Å². The normalized spacial score (nSPS) is 16.8. The minimum atomic E-state index is 0.0342. The van der Waals surface area contributed by atoms with Gasteiger partial charge in [0.25, 0.3) is 0 Å². The van der Waals surface area contributed by atoms with Gasteiger partial charge in [-0.3, -0.25) is 0 Å². The summed E-state index contributed by atoms with van der Waals surface area (Å²) < 4.78 is 0. The van der Waals surface area contributed by atoms with Crippen LogP contribution in [0.3, 0.4) is 0 Å². The highest BCUT2D eigenvalue weighted by molar-refractivity contribution is 5.20. The van der Waals surface area contributed by atoms with E-state index < -0.39 is 0 Å². The zero-order chi connectivity index (χ0) is 7.84. The van der Waals surface area contributed by atoms with Crippen LogP contribution in [0.5, 0.6) is 5.88 Å². The molecule has 0 spiro atoms. The summed E-state index contributed by atoms with van der Waals surface area (Å²) >= 11 is 0. The highest BCUT2D eigenvalue weighted by Gasteiger charge is 2.26. The second-order valence-electron chi connectivity index (χ2n) is 2.85. The van der Waals surface area contributed by atoms with Crippen LogP contribution in [0.4, 0.5) is 0 Å². The number of nitrogens with zero attached hydrogens (tertiary/aromatic N) is 2. The third kappa shape index (κ3) is 1.31. The summed E-state index contributed by atoms with van der Waals surface area (Å²) in [5, 5.41) is 9.08. The molecule has 0 aromatic carbocycles. The molecule has 1 heterocycles. The van der Waals surface area contributed by atoms with Gasteiger partial charge in [0, 0.05) is 17.7 Å². The predicted molar refractivity (Wildman–Crippen MR) is 40.1 cm³/mol. The summed E-state index contributed by atoms with van der Waals surface area (Å²) in [5.74, 6) is 1.25. The Morgan fingerprint density at radius 1 is 1.45 bits per heavy atom. The third-order valence-corrected chi connectivity index (χ3v) is 1.73. The van der Waals surface area contributed by atoms with Gasteiger partial charge < -0.3 is 5.11 Å². The highest BCUT2D eigenvalue weighted by atomic mass is 16.3. The summed E-state index contributed by atoms with van der Waals surface area (Å²) in [7, 11) is 0. The van der Waals surface area contributed by atoms with E-state index in [2.05, 4.69) is 16.9 Å². The van der Waals surface area contributed by atoms with Crippen molar-refractivity contribution >= 4 is 0 Å². The summed E-state index contributed by atoms with van der Waals surface area (Å²) in [6.45, 7) is 3.64. The van der Waals surface area contributed by atoms with Gasteiger partial charge >= 0.3 is 0 Å². The molecule has 1 saturated carbocycles. The van der Waals surface area contributed by atoms with Gasteiger partial charge in [-0.05, 0) is 19.8 Å². The van der Waals surface area contributed by atoms with Crippen LogP contribution in [-0.2, 0) is 0 Å². The maximum Gasteiger partial charge on any atom is 0.214 e. The molecule has 1 aliphatic rings. The smallest absolute Gasteiger partial charge is 0.214 e. The Bertz CT molecular complexity index is 261. The SMILES string of the molecule is [CH2]c1cc(O)nc(C2CC2)n1. The van der Waals surface area contributed by atoms with Crippen molar-refractivity contribution in [2.75, 3.05) is 0 Å². The van der Waals surface area contributed by atoms with E-state index >= 15 is 0 Å². The molecule has 0 amide bonds. The van der Waals surface area contributed by atoms with E-state index in [1.165, 1.54) is 6.07 Å². The van der Waals surface area contributed by atoms with E-state index in [1.807, 2.05) is 0 Å². The highest BCUT2D eigenvalue weighted by Crippen LogP contribution is 2.38. The molecule has 1 aliphatic carbocycles. The summed E-state index contributed by atoms with van der Waals surface area (Å²) in [6, 6.07) is 1.46. The van der Waals surface area contributed by atoms with Crippen LogP contribution in [0.15, 0.2) is 6.07 Å². The van der Waals surface area contributed by atoms with E-state index in [-0.39, 0.29) is 5.88 Å². The first-order chi connectivity index (χ1) is 5.25. The molecule has 3 heteroatoms. The van der Waals surface area contributed by atoms with Crippen molar-refractivity contribution in [2.24, 2.45) is 0 Å². The topological polar surface area (TPSA) is 46.0 Å². The van der Waals surface area contributed by atoms with Gasteiger partial charge in [-0.1, -0.05) is 0 Å². The van der Waals surface area contributed by atoms with E-state index in [4.69, 9.17) is 5.11 Å². The third-order valence-electron chi connectivity index (χ3n) is 1.73. The van der Waals surface area contributed by atoms with E-state index in [1.54, 1.807) is 0 Å². The molecule has 11 heavy (non-hydrogen) atoms. The molecular weight excluding hydrogens is 140 g/mol. The van der Waals surface area contributed by atoms with Crippen LogP contribution < -0.4 is 0 Å². The summed E-state index contributed by atoms with van der Waals surface area (Å²) in [4.78, 5) is 8.01. The first kappa shape index (κ1) is 6.58. The van der Waals surface area contributed by atoms with Gasteiger partial charge in [0.1, 0.15) is 5.82 Å². The zero-order valence-corrected chi connectivity index (χ0v) is 6.12. The number of hydrogen-bond acceptors (Lipinski definition) is 3. The summed E-state index contributed by atoms with van der Waals surface area (Å²) in [5.41, 5.74) is 0.597. The van der Waals surface area contributed by atoms with Gasteiger partial charge in [0.15, 0.2) is 0 Å². The number of rotatable bonds is 1. The molecule has 0 saturated heterocycles. The van der Waals surface area contributed by atoms with Gasteiger partial charge in [-0.15, -0.1) is 0 Å². The largest absolute Gasteiger partial charge is 0.493 e. The lowest BCUT2D eigenvalue weighted by atomic mass is 10.3. The molecule has 0 atom stereocenters. The molecule has 1 aromatic heterocycles. The predicted octanol–water partition coefficient (Wildman–Crippen LogP) is 1.24. The van der Waals surface area contributed by atoms with Crippen molar-refractivity contribution in [3.8, 4) is 5.88 Å². The second-order valence-corrected chi connectivity index (χ2v) is 2.85. The molecule has 0 aliphatic heterocycles. The molecule has 1 aromatic rings. The molecule has 2 rings (SSSR count). The zero-order valence-electron chi connectivity index (χ0n) is 6.12. The van der Waals surface area contributed by atoms with Crippen molar-refractivity contribution in [3.05, 3.63) is 24.5 Å². The van der Waals surface area contributed by atoms with E-state index in [9.17, 15) is 0 Å². The Kier molecular flexibility index (Phi) is 1.31. The van der Waals surface area contributed by atoms with Crippen molar-refractivity contribution in [3.63, 3.8) is 0 Å². The lowest BCUT2D eigenvalue weighted by Gasteiger charge is -1.98. The van der Waals surface area contributed by atoms with E-state index in [0.29, 0.717) is 11.6 Å². The Balaban J connectivity index is 2.39. The number of hydrogen-bond donors (Lipinski definition) is 1. The average molecular weight is 149 g/mol. The number of aromatic nitrogens is 2. The molecule has 1 fully saturated rings. The van der Waals surface area contributed by atoms with Crippen LogP contribution in [-0.4, -0.2) is 15.1 Å². The Morgan fingerprint density at radius 2 is 2.18 bits per heavy atom. The molecule has 1 radical (unpaired) electrons. The second kappa shape index (κ2) is 2.19. The fourth-order valence-electron chi connectivity index (χ4n) is 1.03. The van der Waals surface area contributed by atoms with Crippen LogP contribution in [0.25, 0.3) is 0 Å². The van der Waals surface area contributed by atoms with E-state index in [0.717, 1.165) is 18.7 Å². The van der Waals surface area contributed by atoms with Crippen molar-refractivity contribution < 1.29 is 5.11 Å². The fraction of sp³-hybridized carbons (Fsp3) is 0.375. The molecule has 57 valence electrons. The standard InChI is InChI=1S/C8H9N2O/c1-5-4-7(11)10-8(9-5)6-2-3-6/h4,6H,1-3H2,(H,9,10,11). The molecule has 1 N–H and O–H groups in total. The van der Waals surface area contributed by atoms with Gasteiger partial charge in [-0.2, -0.15) is 4.98 Å². The first-order valence-corrected chi connectivity index (χ1v) is 3.65. The van der Waals surface area contributed by atoms with Crippen LogP contribution in [0.2, 0.25) is 0 Å². The van der Waals surface area contributed by atoms with Gasteiger partial charge in [0.05, 0.1) is 0 Å². The Labute approximate surface area is 65.1 Å². The monoisotopic (exact) mass is 149 g/mol. The molecule has 0 unspecified atom stereocenters. The minimum absolute atomic E-state index is 0.0342. The van der Waals surface area contributed by atoms with Gasteiger partial charge in [0.2, 0.25) is 5.88 Å². The number of aromatic hydroxyl groups is 1. The maximum absolute atomic E-state index is 9.08. The van der Waals surface area contributed by atoms with Crippen LogP contribution in [0.1, 0.15) is 30.3 Å². The maximum atomic E-state index is 9.08.